The molecule has 82 valence electrons. The highest BCUT2D eigenvalue weighted by Gasteiger charge is 2.02. The first-order valence-corrected chi connectivity index (χ1v) is 5.52. The molecule has 0 atom stereocenters. The van der Waals surface area contributed by atoms with Crippen LogP contribution in [0.1, 0.15) is 5.56 Å². The number of halogens is 1. The Morgan fingerprint density at radius 1 is 1.38 bits per heavy atom. The zero-order valence-electron chi connectivity index (χ0n) is 8.43. The summed E-state index contributed by atoms with van der Waals surface area (Å²) in [5, 5.41) is 3.97. The van der Waals surface area contributed by atoms with E-state index in [9.17, 15) is 4.79 Å². The molecule has 0 saturated carbocycles. The third-order valence-electron chi connectivity index (χ3n) is 2.17. The number of nitrogens with two attached hydrogens (primary N) is 1. The fourth-order valence-electron chi connectivity index (χ4n) is 1.35. The van der Waals surface area contributed by atoms with Crippen LogP contribution in [0.4, 0.5) is 5.69 Å². The van der Waals surface area contributed by atoms with Crippen molar-refractivity contribution >= 4 is 21.6 Å². The van der Waals surface area contributed by atoms with E-state index < -0.39 is 0 Å². The van der Waals surface area contributed by atoms with E-state index in [0.29, 0.717) is 12.2 Å². The number of aromatic nitrogens is 2. The van der Waals surface area contributed by atoms with Gasteiger partial charge >= 0.3 is 0 Å². The van der Waals surface area contributed by atoms with Crippen molar-refractivity contribution in [1.29, 1.82) is 0 Å². The molecule has 0 aliphatic heterocycles. The van der Waals surface area contributed by atoms with Crippen LogP contribution in [0.5, 0.6) is 0 Å². The lowest BCUT2D eigenvalue weighted by atomic mass is 10.2. The zero-order chi connectivity index (χ0) is 11.5. The van der Waals surface area contributed by atoms with Gasteiger partial charge in [-0.25, -0.2) is 4.68 Å². The number of nitrogens with zero attached hydrogens (tertiary/aromatic N) is 2. The Morgan fingerprint density at radius 3 is 2.81 bits per heavy atom. The summed E-state index contributed by atoms with van der Waals surface area (Å²) in [7, 11) is 0. The lowest BCUT2D eigenvalue weighted by molar-refractivity contribution is 0.638. The van der Waals surface area contributed by atoms with Gasteiger partial charge in [-0.05, 0) is 11.6 Å². The normalized spacial score (nSPS) is 10.3. The van der Waals surface area contributed by atoms with E-state index in [1.165, 1.54) is 16.9 Å². The van der Waals surface area contributed by atoms with Gasteiger partial charge in [-0.2, -0.15) is 5.10 Å². The Morgan fingerprint density at radius 2 is 2.12 bits per heavy atom. The fourth-order valence-corrected chi connectivity index (χ4v) is 1.76. The molecule has 0 radical (unpaired) electrons. The molecule has 1 aromatic carbocycles. The number of anilines is 1. The van der Waals surface area contributed by atoms with E-state index in [4.69, 9.17) is 5.73 Å². The molecular formula is C11H10BrN3O. The lowest BCUT2D eigenvalue weighted by Gasteiger charge is -2.06. The number of benzene rings is 1. The Labute approximate surface area is 101 Å². The molecule has 0 fully saturated rings. The first-order chi connectivity index (χ1) is 7.66. The largest absolute Gasteiger partial charge is 0.397 e. The maximum absolute atomic E-state index is 11.6. The van der Waals surface area contributed by atoms with Gasteiger partial charge < -0.3 is 5.73 Å². The van der Waals surface area contributed by atoms with Crippen molar-refractivity contribution in [3.63, 3.8) is 0 Å². The summed E-state index contributed by atoms with van der Waals surface area (Å²) in [6.45, 7) is 0.431. The summed E-state index contributed by atoms with van der Waals surface area (Å²) in [5.41, 5.74) is 6.65. The Balaban J connectivity index is 2.35. The van der Waals surface area contributed by atoms with Crippen molar-refractivity contribution in [3.05, 3.63) is 56.9 Å². The molecule has 0 saturated heterocycles. The second kappa shape index (κ2) is 4.49. The quantitative estimate of drug-likeness (QED) is 0.909. The van der Waals surface area contributed by atoms with E-state index in [1.807, 2.05) is 24.3 Å². The van der Waals surface area contributed by atoms with Gasteiger partial charge in [-0.15, -0.1) is 0 Å². The number of nitrogen functional groups attached to an aromatic ring is 1. The standard InChI is InChI=1S/C11H10BrN3O/c12-10-4-2-1-3-8(10)7-15-11(16)5-9(13)6-14-15/h1-6H,7,13H2. The molecule has 1 aromatic heterocycles. The van der Waals surface area contributed by atoms with Gasteiger partial charge in [0.2, 0.25) is 0 Å². The predicted molar refractivity (Wildman–Crippen MR) is 66.2 cm³/mol. The summed E-state index contributed by atoms with van der Waals surface area (Å²) in [4.78, 5) is 11.6. The van der Waals surface area contributed by atoms with E-state index in [0.717, 1.165) is 10.0 Å². The highest BCUT2D eigenvalue weighted by atomic mass is 79.9. The molecular weight excluding hydrogens is 270 g/mol. The molecule has 0 aliphatic rings. The molecule has 16 heavy (non-hydrogen) atoms. The van der Waals surface area contributed by atoms with Crippen LogP contribution < -0.4 is 11.3 Å². The number of rotatable bonds is 2. The van der Waals surface area contributed by atoms with Crippen molar-refractivity contribution in [3.8, 4) is 0 Å². The van der Waals surface area contributed by atoms with Crippen LogP contribution in [0.3, 0.4) is 0 Å². The SMILES string of the molecule is Nc1cnn(Cc2ccccc2Br)c(=O)c1. The van der Waals surface area contributed by atoms with Crippen LogP contribution in [-0.4, -0.2) is 9.78 Å². The van der Waals surface area contributed by atoms with Crippen LogP contribution in [0.25, 0.3) is 0 Å². The number of hydrogen-bond acceptors (Lipinski definition) is 3. The van der Waals surface area contributed by atoms with Crippen molar-refractivity contribution in [2.75, 3.05) is 5.73 Å². The van der Waals surface area contributed by atoms with Crippen molar-refractivity contribution in [1.82, 2.24) is 9.78 Å². The summed E-state index contributed by atoms with van der Waals surface area (Å²) in [6, 6.07) is 9.07. The van der Waals surface area contributed by atoms with Crippen LogP contribution in [0, 0.1) is 0 Å². The van der Waals surface area contributed by atoms with Gasteiger partial charge in [0.05, 0.1) is 18.4 Å². The molecule has 0 unspecified atom stereocenters. The molecule has 2 N–H and O–H groups in total. The fraction of sp³-hybridized carbons (Fsp3) is 0.0909. The summed E-state index contributed by atoms with van der Waals surface area (Å²) < 4.78 is 2.33. The third kappa shape index (κ3) is 2.30. The minimum atomic E-state index is -0.198. The average Bonchev–Trinajstić information content (AvgIpc) is 2.25. The maximum Gasteiger partial charge on any atom is 0.269 e. The van der Waals surface area contributed by atoms with Crippen LogP contribution in [0.15, 0.2) is 45.8 Å². The summed E-state index contributed by atoms with van der Waals surface area (Å²) in [6.07, 6.45) is 1.47. The van der Waals surface area contributed by atoms with Gasteiger partial charge in [-0.3, -0.25) is 4.79 Å². The minimum Gasteiger partial charge on any atom is -0.397 e. The minimum absolute atomic E-state index is 0.198. The smallest absolute Gasteiger partial charge is 0.269 e. The maximum atomic E-state index is 11.6. The zero-order valence-corrected chi connectivity index (χ0v) is 10.0. The van der Waals surface area contributed by atoms with Gasteiger partial charge in [0.1, 0.15) is 0 Å². The molecule has 2 rings (SSSR count). The first-order valence-electron chi connectivity index (χ1n) is 4.73. The van der Waals surface area contributed by atoms with Gasteiger partial charge in [0, 0.05) is 10.5 Å². The molecule has 0 amide bonds. The van der Waals surface area contributed by atoms with Crippen molar-refractivity contribution in [2.45, 2.75) is 6.54 Å². The third-order valence-corrected chi connectivity index (χ3v) is 2.94. The highest BCUT2D eigenvalue weighted by Crippen LogP contribution is 2.15. The molecule has 0 bridgehead atoms. The van der Waals surface area contributed by atoms with Gasteiger partial charge in [-0.1, -0.05) is 34.1 Å². The second-order valence-electron chi connectivity index (χ2n) is 3.38. The topological polar surface area (TPSA) is 60.9 Å². The van der Waals surface area contributed by atoms with E-state index in [-0.39, 0.29) is 5.56 Å². The Kier molecular flexibility index (Phi) is 3.05. The van der Waals surface area contributed by atoms with E-state index in [1.54, 1.807) is 0 Å². The Hall–Kier alpha value is -1.62. The lowest BCUT2D eigenvalue weighted by Crippen LogP contribution is -2.23. The predicted octanol–water partition coefficient (Wildman–Crippen LogP) is 1.64. The summed E-state index contributed by atoms with van der Waals surface area (Å²) in [5.74, 6) is 0. The average molecular weight is 280 g/mol. The highest BCUT2D eigenvalue weighted by molar-refractivity contribution is 9.10. The van der Waals surface area contributed by atoms with Crippen LogP contribution in [-0.2, 0) is 6.54 Å². The molecule has 1 heterocycles. The molecule has 4 nitrogen and oxygen atoms in total. The number of hydrogen-bond donors (Lipinski definition) is 1. The molecule has 0 spiro atoms. The molecule has 5 heteroatoms. The monoisotopic (exact) mass is 279 g/mol. The molecule has 0 aliphatic carbocycles. The second-order valence-corrected chi connectivity index (χ2v) is 4.23. The van der Waals surface area contributed by atoms with E-state index >= 15 is 0 Å². The van der Waals surface area contributed by atoms with Gasteiger partial charge in [0.25, 0.3) is 5.56 Å². The molecule has 2 aromatic rings. The first kappa shape index (κ1) is 10.9. The van der Waals surface area contributed by atoms with Crippen molar-refractivity contribution in [2.24, 2.45) is 0 Å². The van der Waals surface area contributed by atoms with Crippen LogP contribution in [0.2, 0.25) is 0 Å². The van der Waals surface area contributed by atoms with Gasteiger partial charge in [0.15, 0.2) is 0 Å². The summed E-state index contributed by atoms with van der Waals surface area (Å²) >= 11 is 3.42. The van der Waals surface area contributed by atoms with E-state index in [2.05, 4.69) is 21.0 Å². The van der Waals surface area contributed by atoms with Crippen molar-refractivity contribution < 1.29 is 0 Å². The van der Waals surface area contributed by atoms with Crippen LogP contribution >= 0.6 is 15.9 Å². The Bertz CT molecular complexity index is 565.